The number of nitrogens with one attached hydrogen (secondary N) is 1. The van der Waals surface area contributed by atoms with Gasteiger partial charge in [-0.1, -0.05) is 6.92 Å². The highest BCUT2D eigenvalue weighted by atomic mass is 16.5. The van der Waals surface area contributed by atoms with Crippen LogP contribution in [-0.4, -0.2) is 49.7 Å². The Kier molecular flexibility index (Phi) is 5.44. The molecule has 1 aliphatic heterocycles. The molecule has 0 atom stereocenters. The standard InChI is InChI=1S/C16H30N2O2/c1-13-4-6-14(7-5-13)17-15(19)16(2,3)12-18-8-10-20-11-9-18/h13-14H,4-12H2,1-3H3,(H,17,19)/t13-,14-. The van der Waals surface area contributed by atoms with Crippen molar-refractivity contribution in [2.45, 2.75) is 52.5 Å². The fraction of sp³-hybridized carbons (Fsp3) is 0.938. The van der Waals surface area contributed by atoms with E-state index in [1.807, 2.05) is 0 Å². The van der Waals surface area contributed by atoms with E-state index in [1.54, 1.807) is 0 Å². The molecular weight excluding hydrogens is 252 g/mol. The lowest BCUT2D eigenvalue weighted by atomic mass is 9.85. The third-order valence-corrected chi connectivity index (χ3v) is 4.69. The Hall–Kier alpha value is -0.610. The largest absolute Gasteiger partial charge is 0.379 e. The van der Waals surface area contributed by atoms with Gasteiger partial charge >= 0.3 is 0 Å². The van der Waals surface area contributed by atoms with Crippen LogP contribution in [0, 0.1) is 11.3 Å². The third-order valence-electron chi connectivity index (χ3n) is 4.69. The van der Waals surface area contributed by atoms with Crippen molar-refractivity contribution in [1.82, 2.24) is 10.2 Å². The van der Waals surface area contributed by atoms with Gasteiger partial charge in [-0.15, -0.1) is 0 Å². The molecule has 1 saturated heterocycles. The van der Waals surface area contributed by atoms with Crippen LogP contribution in [0.25, 0.3) is 0 Å². The maximum atomic E-state index is 12.5. The molecule has 0 aromatic heterocycles. The van der Waals surface area contributed by atoms with E-state index in [0.717, 1.165) is 51.6 Å². The zero-order valence-corrected chi connectivity index (χ0v) is 13.3. The molecule has 0 aromatic rings. The molecule has 0 aromatic carbocycles. The van der Waals surface area contributed by atoms with Crippen molar-refractivity contribution in [3.63, 3.8) is 0 Å². The minimum atomic E-state index is -0.319. The van der Waals surface area contributed by atoms with Crippen molar-refractivity contribution >= 4 is 5.91 Å². The van der Waals surface area contributed by atoms with E-state index in [9.17, 15) is 4.79 Å². The molecule has 20 heavy (non-hydrogen) atoms. The minimum Gasteiger partial charge on any atom is -0.379 e. The van der Waals surface area contributed by atoms with Crippen LogP contribution in [0.15, 0.2) is 0 Å². The van der Waals surface area contributed by atoms with E-state index in [0.29, 0.717) is 6.04 Å². The summed E-state index contributed by atoms with van der Waals surface area (Å²) in [6, 6.07) is 0.391. The number of hydrogen-bond donors (Lipinski definition) is 1. The van der Waals surface area contributed by atoms with Crippen molar-refractivity contribution in [1.29, 1.82) is 0 Å². The van der Waals surface area contributed by atoms with Crippen LogP contribution < -0.4 is 5.32 Å². The summed E-state index contributed by atoms with van der Waals surface area (Å²) in [6.45, 7) is 10.7. The Bertz CT molecular complexity index is 316. The Morgan fingerprint density at radius 1 is 1.20 bits per heavy atom. The summed E-state index contributed by atoms with van der Waals surface area (Å²) < 4.78 is 5.36. The zero-order valence-electron chi connectivity index (χ0n) is 13.3. The number of ether oxygens (including phenoxy) is 1. The molecule has 4 heteroatoms. The fourth-order valence-electron chi connectivity index (χ4n) is 3.18. The fourth-order valence-corrected chi connectivity index (χ4v) is 3.18. The summed E-state index contributed by atoms with van der Waals surface area (Å²) in [5.41, 5.74) is -0.319. The second-order valence-corrected chi connectivity index (χ2v) is 7.20. The predicted molar refractivity (Wildman–Crippen MR) is 80.6 cm³/mol. The first-order chi connectivity index (χ1) is 9.47. The molecule has 2 aliphatic rings. The quantitative estimate of drug-likeness (QED) is 0.858. The number of carbonyl (C=O) groups is 1. The zero-order chi connectivity index (χ0) is 14.6. The number of morpholine rings is 1. The van der Waals surface area contributed by atoms with Gasteiger partial charge in [0.05, 0.1) is 18.6 Å². The predicted octanol–water partition coefficient (Wildman–Crippen LogP) is 2.04. The van der Waals surface area contributed by atoms with Gasteiger partial charge in [-0.2, -0.15) is 0 Å². The van der Waals surface area contributed by atoms with E-state index in [2.05, 4.69) is 31.0 Å². The highest BCUT2D eigenvalue weighted by molar-refractivity contribution is 5.82. The molecule has 2 rings (SSSR count). The van der Waals surface area contributed by atoms with Gasteiger partial charge < -0.3 is 10.1 Å². The lowest BCUT2D eigenvalue weighted by molar-refractivity contribution is -0.132. The van der Waals surface area contributed by atoms with Crippen molar-refractivity contribution in [2.75, 3.05) is 32.8 Å². The Morgan fingerprint density at radius 3 is 2.40 bits per heavy atom. The Labute approximate surface area is 123 Å². The van der Waals surface area contributed by atoms with Gasteiger partial charge in [0.15, 0.2) is 0 Å². The van der Waals surface area contributed by atoms with E-state index >= 15 is 0 Å². The summed E-state index contributed by atoms with van der Waals surface area (Å²) in [7, 11) is 0. The number of carbonyl (C=O) groups excluding carboxylic acids is 1. The molecule has 0 spiro atoms. The summed E-state index contributed by atoms with van der Waals surface area (Å²) in [5.74, 6) is 1.04. The molecule has 0 unspecified atom stereocenters. The van der Waals surface area contributed by atoms with Gasteiger partial charge in [0, 0.05) is 25.7 Å². The SMILES string of the molecule is CC(C)(CN1CCOCC1)C(=O)N[C@H]1CC[C@H](C)CC1. The Balaban J connectivity index is 1.80. The smallest absolute Gasteiger partial charge is 0.227 e. The first kappa shape index (κ1) is 15.8. The van der Waals surface area contributed by atoms with Crippen LogP contribution in [0.1, 0.15) is 46.5 Å². The number of amides is 1. The van der Waals surface area contributed by atoms with Crippen molar-refractivity contribution in [3.8, 4) is 0 Å². The van der Waals surface area contributed by atoms with Gasteiger partial charge in [-0.05, 0) is 45.4 Å². The molecule has 116 valence electrons. The molecule has 0 radical (unpaired) electrons. The number of nitrogens with zero attached hydrogens (tertiary/aromatic N) is 1. The van der Waals surface area contributed by atoms with Crippen LogP contribution in [0.2, 0.25) is 0 Å². The highest BCUT2D eigenvalue weighted by Crippen LogP contribution is 2.25. The van der Waals surface area contributed by atoms with E-state index in [1.165, 1.54) is 12.8 Å². The maximum absolute atomic E-state index is 12.5. The van der Waals surface area contributed by atoms with Crippen molar-refractivity contribution < 1.29 is 9.53 Å². The molecule has 4 nitrogen and oxygen atoms in total. The summed E-state index contributed by atoms with van der Waals surface area (Å²) in [5, 5.41) is 3.27. The summed E-state index contributed by atoms with van der Waals surface area (Å²) in [4.78, 5) is 14.9. The summed E-state index contributed by atoms with van der Waals surface area (Å²) in [6.07, 6.45) is 4.77. The van der Waals surface area contributed by atoms with Crippen LogP contribution in [0.3, 0.4) is 0 Å². The first-order valence-electron chi connectivity index (χ1n) is 8.08. The third kappa shape index (κ3) is 4.45. The highest BCUT2D eigenvalue weighted by Gasteiger charge is 2.32. The Morgan fingerprint density at radius 2 is 1.80 bits per heavy atom. The molecule has 2 fully saturated rings. The van der Waals surface area contributed by atoms with Crippen LogP contribution >= 0.6 is 0 Å². The molecule has 1 amide bonds. The maximum Gasteiger partial charge on any atom is 0.227 e. The van der Waals surface area contributed by atoms with E-state index in [-0.39, 0.29) is 11.3 Å². The molecule has 1 heterocycles. The van der Waals surface area contributed by atoms with Crippen LogP contribution in [-0.2, 0) is 9.53 Å². The average molecular weight is 282 g/mol. The van der Waals surface area contributed by atoms with Crippen LogP contribution in [0.5, 0.6) is 0 Å². The molecule has 1 N–H and O–H groups in total. The molecule has 1 saturated carbocycles. The van der Waals surface area contributed by atoms with E-state index < -0.39 is 0 Å². The second kappa shape index (κ2) is 6.90. The monoisotopic (exact) mass is 282 g/mol. The van der Waals surface area contributed by atoms with Gasteiger partial charge in [-0.25, -0.2) is 0 Å². The minimum absolute atomic E-state index is 0.212. The molecule has 0 bridgehead atoms. The van der Waals surface area contributed by atoms with Gasteiger partial charge in [-0.3, -0.25) is 9.69 Å². The topological polar surface area (TPSA) is 41.6 Å². The molecular formula is C16H30N2O2. The second-order valence-electron chi connectivity index (χ2n) is 7.20. The van der Waals surface area contributed by atoms with Gasteiger partial charge in [0.1, 0.15) is 0 Å². The van der Waals surface area contributed by atoms with Gasteiger partial charge in [0.25, 0.3) is 0 Å². The number of rotatable bonds is 4. The van der Waals surface area contributed by atoms with Crippen molar-refractivity contribution in [3.05, 3.63) is 0 Å². The van der Waals surface area contributed by atoms with Crippen LogP contribution in [0.4, 0.5) is 0 Å². The normalized spacial score (nSPS) is 29.1. The average Bonchev–Trinajstić information content (AvgIpc) is 2.42. The lowest BCUT2D eigenvalue weighted by Crippen LogP contribution is -2.50. The first-order valence-corrected chi connectivity index (χ1v) is 8.08. The van der Waals surface area contributed by atoms with Gasteiger partial charge in [0.2, 0.25) is 5.91 Å². The summed E-state index contributed by atoms with van der Waals surface area (Å²) >= 11 is 0. The lowest BCUT2D eigenvalue weighted by Gasteiger charge is -2.35. The molecule has 1 aliphatic carbocycles. The van der Waals surface area contributed by atoms with E-state index in [4.69, 9.17) is 4.74 Å². The number of hydrogen-bond acceptors (Lipinski definition) is 3. The van der Waals surface area contributed by atoms with Crippen molar-refractivity contribution in [2.24, 2.45) is 11.3 Å².